The van der Waals surface area contributed by atoms with Crippen molar-refractivity contribution < 1.29 is 24.2 Å². The molecule has 0 aliphatic heterocycles. The Morgan fingerprint density at radius 3 is 2.48 bits per heavy atom. The normalized spacial score (nSPS) is 43.0. The number of carbonyl (C=O) groups excluding carboxylic acids is 2. The smallest absolute Gasteiger partial charge is 0.312 e. The van der Waals surface area contributed by atoms with Gasteiger partial charge in [0.05, 0.1) is 24.3 Å². The van der Waals surface area contributed by atoms with Gasteiger partial charge in [0, 0.05) is 37.6 Å². The first-order chi connectivity index (χ1) is 20.7. The second-order valence-electron chi connectivity index (χ2n) is 16.6. The molecule has 5 saturated carbocycles. The molecule has 44 heavy (non-hydrogen) atoms. The zero-order valence-corrected chi connectivity index (χ0v) is 28.2. The van der Waals surface area contributed by atoms with Crippen LogP contribution in [0.5, 0.6) is 0 Å². The fraction of sp³-hybridized carbons (Fsp3) is 0.811. The first-order valence-corrected chi connectivity index (χ1v) is 17.3. The molecule has 0 bridgehead atoms. The lowest BCUT2D eigenvalue weighted by atomic mass is 9.41. The fourth-order valence-corrected chi connectivity index (χ4v) is 12.4. The SMILES string of the molecule is COC(CNC(C)=O)C[C@@H](C)[C@H]1C[C@H](O)[C@@]2(C)C3CC[C@H]4C(C)(C)C(OC(=O)Cc5ccccn5)CCC45CC35CCC12C. The van der Waals surface area contributed by atoms with Crippen LogP contribution >= 0.6 is 0 Å². The third kappa shape index (κ3) is 4.60. The monoisotopic (exact) mass is 608 g/mol. The molecule has 5 aliphatic carbocycles. The van der Waals surface area contributed by atoms with E-state index in [0.29, 0.717) is 41.0 Å². The second-order valence-corrected chi connectivity index (χ2v) is 16.6. The Labute approximate surface area is 264 Å². The van der Waals surface area contributed by atoms with Gasteiger partial charge < -0.3 is 19.9 Å². The van der Waals surface area contributed by atoms with Crippen LogP contribution in [-0.4, -0.2) is 53.9 Å². The Balaban J connectivity index is 1.18. The van der Waals surface area contributed by atoms with Crippen molar-refractivity contribution >= 4 is 11.9 Å². The fourth-order valence-electron chi connectivity index (χ4n) is 12.4. The van der Waals surface area contributed by atoms with Gasteiger partial charge in [-0.2, -0.15) is 0 Å². The molecule has 0 saturated heterocycles. The van der Waals surface area contributed by atoms with E-state index in [-0.39, 0.29) is 52.9 Å². The van der Waals surface area contributed by atoms with Gasteiger partial charge in [-0.1, -0.05) is 40.7 Å². The first kappa shape index (κ1) is 32.0. The summed E-state index contributed by atoms with van der Waals surface area (Å²) in [5.74, 6) is 1.68. The number of hydrogen-bond donors (Lipinski definition) is 2. The Kier molecular flexibility index (Phi) is 8.04. The summed E-state index contributed by atoms with van der Waals surface area (Å²) < 4.78 is 12.0. The zero-order valence-electron chi connectivity index (χ0n) is 28.2. The molecule has 2 N–H and O–H groups in total. The van der Waals surface area contributed by atoms with Crippen LogP contribution < -0.4 is 5.32 Å². The number of amides is 1. The zero-order chi connectivity index (χ0) is 31.7. The minimum Gasteiger partial charge on any atom is -0.461 e. The molecule has 11 atom stereocenters. The Bertz CT molecular complexity index is 1250. The molecule has 6 rings (SSSR count). The van der Waals surface area contributed by atoms with Crippen LogP contribution in [0, 0.1) is 50.7 Å². The highest BCUT2D eigenvalue weighted by Gasteiger charge is 2.83. The van der Waals surface area contributed by atoms with Gasteiger partial charge in [0.2, 0.25) is 5.91 Å². The van der Waals surface area contributed by atoms with Crippen molar-refractivity contribution in [3.05, 3.63) is 30.1 Å². The highest BCUT2D eigenvalue weighted by Crippen LogP contribution is 2.89. The first-order valence-electron chi connectivity index (χ1n) is 17.3. The molecule has 1 heterocycles. The summed E-state index contributed by atoms with van der Waals surface area (Å²) in [5.41, 5.74) is 1.23. The molecular formula is C37H56N2O5. The van der Waals surface area contributed by atoms with Crippen LogP contribution in [0.25, 0.3) is 0 Å². The lowest BCUT2D eigenvalue weighted by Gasteiger charge is -2.63. The van der Waals surface area contributed by atoms with Crippen LogP contribution in [0.2, 0.25) is 0 Å². The minimum atomic E-state index is -0.301. The highest BCUT2D eigenvalue weighted by atomic mass is 16.5. The lowest BCUT2D eigenvalue weighted by Crippen LogP contribution is -2.60. The number of ether oxygens (including phenoxy) is 2. The summed E-state index contributed by atoms with van der Waals surface area (Å²) in [6.45, 7) is 14.1. The molecule has 0 aromatic carbocycles. The molecule has 6 unspecified atom stereocenters. The number of methoxy groups -OCH3 is 1. The molecule has 0 radical (unpaired) electrons. The van der Waals surface area contributed by atoms with Crippen molar-refractivity contribution in [2.24, 2.45) is 50.7 Å². The van der Waals surface area contributed by atoms with Crippen molar-refractivity contribution in [1.29, 1.82) is 0 Å². The maximum absolute atomic E-state index is 13.0. The minimum absolute atomic E-state index is 0.0194. The summed E-state index contributed by atoms with van der Waals surface area (Å²) in [6, 6.07) is 5.67. The van der Waals surface area contributed by atoms with Gasteiger partial charge in [0.1, 0.15) is 6.10 Å². The third-order valence-corrected chi connectivity index (χ3v) is 14.7. The largest absolute Gasteiger partial charge is 0.461 e. The van der Waals surface area contributed by atoms with Gasteiger partial charge in [0.25, 0.3) is 0 Å². The van der Waals surface area contributed by atoms with Gasteiger partial charge in [-0.3, -0.25) is 14.6 Å². The van der Waals surface area contributed by atoms with Crippen molar-refractivity contribution in [2.45, 2.75) is 124 Å². The van der Waals surface area contributed by atoms with E-state index in [0.717, 1.165) is 50.6 Å². The van der Waals surface area contributed by atoms with Crippen molar-refractivity contribution in [3.8, 4) is 0 Å². The molecule has 244 valence electrons. The lowest BCUT2D eigenvalue weighted by molar-refractivity contribution is -0.192. The maximum Gasteiger partial charge on any atom is 0.312 e. The topological polar surface area (TPSA) is 97.8 Å². The van der Waals surface area contributed by atoms with Crippen molar-refractivity contribution in [2.75, 3.05) is 13.7 Å². The van der Waals surface area contributed by atoms with Gasteiger partial charge >= 0.3 is 5.97 Å². The predicted molar refractivity (Wildman–Crippen MR) is 169 cm³/mol. The van der Waals surface area contributed by atoms with E-state index in [4.69, 9.17) is 9.47 Å². The molecule has 5 fully saturated rings. The standard InChI is InChI=1S/C37H56N2O5/c1-23(18-26(43-7)21-39-24(2)40)27-20-30(41)35(6)29-12-11-28-33(3,4)31(44-32(42)19-25-10-8-9-17-38-25)13-14-36(28)22-37(29,36)16-15-34(27,35)5/h8-10,17,23,26-31,41H,11-16,18-22H2,1-7H3,(H,39,40)/t23-,26?,27-,28+,29?,30+,31?,34?,35-,36?,37?/m1/s1. The van der Waals surface area contributed by atoms with Crippen LogP contribution in [-0.2, 0) is 25.5 Å². The Morgan fingerprint density at radius 1 is 1.07 bits per heavy atom. The maximum atomic E-state index is 13.0. The van der Waals surface area contributed by atoms with Gasteiger partial charge in [-0.05, 0) is 110 Å². The molecule has 1 amide bonds. The van der Waals surface area contributed by atoms with Crippen LogP contribution in [0.3, 0.4) is 0 Å². The van der Waals surface area contributed by atoms with Gasteiger partial charge in [0.15, 0.2) is 0 Å². The number of nitrogens with zero attached hydrogens (tertiary/aromatic N) is 1. The molecule has 5 aliphatic rings. The summed E-state index contributed by atoms with van der Waals surface area (Å²) in [4.78, 5) is 28.9. The average molecular weight is 609 g/mol. The number of pyridine rings is 1. The number of carbonyl (C=O) groups is 2. The van der Waals surface area contributed by atoms with E-state index in [1.54, 1.807) is 20.2 Å². The molecular weight excluding hydrogens is 552 g/mol. The van der Waals surface area contributed by atoms with Crippen molar-refractivity contribution in [3.63, 3.8) is 0 Å². The van der Waals surface area contributed by atoms with Crippen molar-refractivity contribution in [1.82, 2.24) is 10.3 Å². The molecule has 1 aromatic heterocycles. The highest BCUT2D eigenvalue weighted by molar-refractivity contribution is 5.73. The Hall–Kier alpha value is -1.99. The summed E-state index contributed by atoms with van der Waals surface area (Å²) in [6.07, 6.45) is 11.3. The predicted octanol–water partition coefficient (Wildman–Crippen LogP) is 6.12. The summed E-state index contributed by atoms with van der Waals surface area (Å²) >= 11 is 0. The number of fused-ring (bicyclic) bond motifs is 2. The van der Waals surface area contributed by atoms with E-state index in [1.807, 2.05) is 18.2 Å². The number of aromatic nitrogens is 1. The van der Waals surface area contributed by atoms with E-state index in [1.165, 1.54) is 12.8 Å². The van der Waals surface area contributed by atoms with E-state index in [2.05, 4.69) is 44.9 Å². The number of rotatable bonds is 9. The quantitative estimate of drug-likeness (QED) is 0.328. The van der Waals surface area contributed by atoms with E-state index < -0.39 is 0 Å². The Morgan fingerprint density at radius 2 is 1.80 bits per heavy atom. The molecule has 7 nitrogen and oxygen atoms in total. The number of nitrogens with one attached hydrogen (secondary N) is 1. The average Bonchev–Trinajstić information content (AvgIpc) is 3.60. The van der Waals surface area contributed by atoms with Crippen LogP contribution in [0.1, 0.15) is 105 Å². The summed E-state index contributed by atoms with van der Waals surface area (Å²) in [7, 11) is 1.74. The summed E-state index contributed by atoms with van der Waals surface area (Å²) in [5, 5.41) is 15.0. The van der Waals surface area contributed by atoms with E-state index >= 15 is 0 Å². The molecule has 2 spiro atoms. The van der Waals surface area contributed by atoms with Crippen LogP contribution in [0.15, 0.2) is 24.4 Å². The number of hydrogen-bond acceptors (Lipinski definition) is 6. The van der Waals surface area contributed by atoms with Crippen LogP contribution in [0.4, 0.5) is 0 Å². The number of esters is 1. The molecule has 7 heteroatoms. The molecule has 1 aromatic rings. The second kappa shape index (κ2) is 11.1. The van der Waals surface area contributed by atoms with Gasteiger partial charge in [-0.25, -0.2) is 0 Å². The number of aliphatic hydroxyl groups is 1. The third-order valence-electron chi connectivity index (χ3n) is 14.7. The van der Waals surface area contributed by atoms with E-state index in [9.17, 15) is 14.7 Å². The van der Waals surface area contributed by atoms with Gasteiger partial charge in [-0.15, -0.1) is 0 Å². The number of aliphatic hydroxyl groups excluding tert-OH is 1.